The van der Waals surface area contributed by atoms with E-state index in [1.165, 1.54) is 12.0 Å². The number of rotatable bonds is 5. The second kappa shape index (κ2) is 9.37. The van der Waals surface area contributed by atoms with Gasteiger partial charge in [0, 0.05) is 42.0 Å². The van der Waals surface area contributed by atoms with Gasteiger partial charge in [-0.15, -0.1) is 0 Å². The Labute approximate surface area is 195 Å². The van der Waals surface area contributed by atoms with E-state index < -0.39 is 0 Å². The Balaban J connectivity index is 1.41. The standard InChI is InChI=1S/C29H27N3O/c1-21-26(18-25(19-30-21)23-12-6-3-7-13-23)29(33)27-15-8-16-28(31-27)32-17-9-14-24(20-32)22-10-4-2-5-11-22/h2-8,10-13,15-16,18-19,24H,9,14,17,20H2,1H3. The van der Waals surface area contributed by atoms with Crippen molar-refractivity contribution in [3.05, 3.63) is 114 Å². The average molecular weight is 434 g/mol. The van der Waals surface area contributed by atoms with E-state index >= 15 is 0 Å². The molecular weight excluding hydrogens is 406 g/mol. The zero-order chi connectivity index (χ0) is 22.6. The summed E-state index contributed by atoms with van der Waals surface area (Å²) in [5.41, 5.74) is 5.12. The molecule has 1 saturated heterocycles. The molecule has 1 atom stereocenters. The zero-order valence-corrected chi connectivity index (χ0v) is 18.8. The zero-order valence-electron chi connectivity index (χ0n) is 18.8. The van der Waals surface area contributed by atoms with Crippen LogP contribution >= 0.6 is 0 Å². The summed E-state index contributed by atoms with van der Waals surface area (Å²) in [7, 11) is 0. The van der Waals surface area contributed by atoms with Crippen LogP contribution in [0.25, 0.3) is 11.1 Å². The highest BCUT2D eigenvalue weighted by Crippen LogP contribution is 2.29. The monoisotopic (exact) mass is 433 g/mol. The quantitative estimate of drug-likeness (QED) is 0.359. The molecule has 1 aliphatic rings. The lowest BCUT2D eigenvalue weighted by molar-refractivity contribution is 0.103. The maximum absolute atomic E-state index is 13.5. The number of aromatic nitrogens is 2. The van der Waals surface area contributed by atoms with E-state index in [1.807, 2.05) is 61.7 Å². The van der Waals surface area contributed by atoms with Gasteiger partial charge in [-0.2, -0.15) is 0 Å². The number of carbonyl (C=O) groups is 1. The molecule has 0 aliphatic carbocycles. The van der Waals surface area contributed by atoms with Gasteiger partial charge >= 0.3 is 0 Å². The first-order chi connectivity index (χ1) is 16.2. The van der Waals surface area contributed by atoms with E-state index in [1.54, 1.807) is 6.07 Å². The first-order valence-electron chi connectivity index (χ1n) is 11.5. The Hall–Kier alpha value is -3.79. The van der Waals surface area contributed by atoms with Crippen LogP contribution in [0.15, 0.2) is 91.1 Å². The topological polar surface area (TPSA) is 46.1 Å². The van der Waals surface area contributed by atoms with Crippen molar-refractivity contribution in [1.29, 1.82) is 0 Å². The molecule has 0 spiro atoms. The van der Waals surface area contributed by atoms with E-state index in [0.717, 1.165) is 36.5 Å². The van der Waals surface area contributed by atoms with Crippen LogP contribution in [-0.4, -0.2) is 28.8 Å². The number of hydrogen-bond donors (Lipinski definition) is 0. The Morgan fingerprint density at radius 3 is 2.45 bits per heavy atom. The van der Waals surface area contributed by atoms with Crippen LogP contribution in [0, 0.1) is 6.92 Å². The highest BCUT2D eigenvalue weighted by molar-refractivity contribution is 6.09. The highest BCUT2D eigenvalue weighted by atomic mass is 16.1. The van der Waals surface area contributed by atoms with Gasteiger partial charge in [0.25, 0.3) is 0 Å². The van der Waals surface area contributed by atoms with Crippen LogP contribution in [0.5, 0.6) is 0 Å². The number of nitrogens with zero attached hydrogens (tertiary/aromatic N) is 3. The van der Waals surface area contributed by atoms with Crippen LogP contribution in [0.2, 0.25) is 0 Å². The summed E-state index contributed by atoms with van der Waals surface area (Å²) in [6.07, 6.45) is 4.11. The molecule has 1 unspecified atom stereocenters. The Morgan fingerprint density at radius 2 is 1.67 bits per heavy atom. The summed E-state index contributed by atoms with van der Waals surface area (Å²) in [4.78, 5) is 25.1. The van der Waals surface area contributed by atoms with Gasteiger partial charge in [0.15, 0.2) is 0 Å². The summed E-state index contributed by atoms with van der Waals surface area (Å²) in [6, 6.07) is 28.4. The molecule has 0 radical (unpaired) electrons. The van der Waals surface area contributed by atoms with Crippen LogP contribution in [0.1, 0.15) is 46.1 Å². The normalized spacial score (nSPS) is 15.9. The fourth-order valence-corrected chi connectivity index (χ4v) is 4.60. The number of anilines is 1. The third-order valence-electron chi connectivity index (χ3n) is 6.42. The van der Waals surface area contributed by atoms with Gasteiger partial charge in [0.1, 0.15) is 11.5 Å². The van der Waals surface area contributed by atoms with Crippen LogP contribution in [0.4, 0.5) is 5.82 Å². The molecule has 4 heteroatoms. The molecule has 1 aliphatic heterocycles. The summed E-state index contributed by atoms with van der Waals surface area (Å²) < 4.78 is 0. The van der Waals surface area contributed by atoms with E-state index in [-0.39, 0.29) is 5.78 Å². The van der Waals surface area contributed by atoms with E-state index in [0.29, 0.717) is 22.9 Å². The molecule has 0 amide bonds. The number of hydrogen-bond acceptors (Lipinski definition) is 4. The maximum atomic E-state index is 13.5. The molecule has 4 aromatic rings. The van der Waals surface area contributed by atoms with Crippen molar-refractivity contribution in [2.45, 2.75) is 25.7 Å². The number of carbonyl (C=O) groups excluding carboxylic acids is 1. The lowest BCUT2D eigenvalue weighted by Gasteiger charge is -2.34. The van der Waals surface area contributed by atoms with Gasteiger partial charge in [-0.05, 0) is 49.1 Å². The fourth-order valence-electron chi connectivity index (χ4n) is 4.60. The van der Waals surface area contributed by atoms with Gasteiger partial charge in [0.2, 0.25) is 5.78 Å². The van der Waals surface area contributed by atoms with Gasteiger partial charge < -0.3 is 4.90 Å². The van der Waals surface area contributed by atoms with Crippen molar-refractivity contribution in [3.63, 3.8) is 0 Å². The number of pyridine rings is 2. The largest absolute Gasteiger partial charge is 0.356 e. The molecule has 3 heterocycles. The maximum Gasteiger partial charge on any atom is 0.213 e. The van der Waals surface area contributed by atoms with Crippen LogP contribution < -0.4 is 4.90 Å². The SMILES string of the molecule is Cc1ncc(-c2ccccc2)cc1C(=O)c1cccc(N2CCCC(c3ccccc3)C2)n1. The molecule has 33 heavy (non-hydrogen) atoms. The van der Waals surface area contributed by atoms with Gasteiger partial charge in [0.05, 0.1) is 0 Å². The molecule has 5 rings (SSSR count). The van der Waals surface area contributed by atoms with Crippen molar-refractivity contribution in [3.8, 4) is 11.1 Å². The minimum atomic E-state index is -0.0868. The molecule has 2 aromatic heterocycles. The Kier molecular flexibility index (Phi) is 5.99. The number of aryl methyl sites for hydroxylation is 1. The van der Waals surface area contributed by atoms with E-state index in [4.69, 9.17) is 4.98 Å². The molecule has 4 nitrogen and oxygen atoms in total. The second-order valence-electron chi connectivity index (χ2n) is 8.63. The summed E-state index contributed by atoms with van der Waals surface area (Å²) in [6.45, 7) is 3.75. The van der Waals surface area contributed by atoms with Crippen molar-refractivity contribution in [1.82, 2.24) is 9.97 Å². The lowest BCUT2D eigenvalue weighted by atomic mass is 9.90. The summed E-state index contributed by atoms with van der Waals surface area (Å²) in [5, 5.41) is 0. The molecule has 164 valence electrons. The van der Waals surface area contributed by atoms with E-state index in [2.05, 4.69) is 40.2 Å². The minimum Gasteiger partial charge on any atom is -0.356 e. The van der Waals surface area contributed by atoms with Crippen molar-refractivity contribution >= 4 is 11.6 Å². The minimum absolute atomic E-state index is 0.0868. The van der Waals surface area contributed by atoms with Gasteiger partial charge in [-0.3, -0.25) is 9.78 Å². The van der Waals surface area contributed by atoms with Crippen molar-refractivity contribution in [2.75, 3.05) is 18.0 Å². The Bertz CT molecular complexity index is 1250. The number of ketones is 1. The van der Waals surface area contributed by atoms with Crippen molar-refractivity contribution < 1.29 is 4.79 Å². The first kappa shape index (κ1) is 21.1. The van der Waals surface area contributed by atoms with Gasteiger partial charge in [-0.1, -0.05) is 66.7 Å². The lowest BCUT2D eigenvalue weighted by Crippen LogP contribution is -2.35. The molecule has 0 saturated carbocycles. The Morgan fingerprint density at radius 1 is 0.909 bits per heavy atom. The third kappa shape index (κ3) is 4.56. The smallest absolute Gasteiger partial charge is 0.213 e. The first-order valence-corrected chi connectivity index (χ1v) is 11.5. The number of piperidine rings is 1. The predicted octanol–water partition coefficient (Wildman–Crippen LogP) is 6.07. The molecule has 0 bridgehead atoms. The average Bonchev–Trinajstić information content (AvgIpc) is 2.90. The van der Waals surface area contributed by atoms with Crippen molar-refractivity contribution in [2.24, 2.45) is 0 Å². The van der Waals surface area contributed by atoms with Crippen LogP contribution in [0.3, 0.4) is 0 Å². The van der Waals surface area contributed by atoms with E-state index in [9.17, 15) is 4.79 Å². The van der Waals surface area contributed by atoms with Gasteiger partial charge in [-0.25, -0.2) is 4.98 Å². The number of benzene rings is 2. The third-order valence-corrected chi connectivity index (χ3v) is 6.42. The predicted molar refractivity (Wildman–Crippen MR) is 133 cm³/mol. The fraction of sp³-hybridized carbons (Fsp3) is 0.207. The summed E-state index contributed by atoms with van der Waals surface area (Å²) in [5.74, 6) is 1.26. The highest BCUT2D eigenvalue weighted by Gasteiger charge is 2.23. The molecular formula is C29H27N3O. The second-order valence-corrected chi connectivity index (χ2v) is 8.63. The molecule has 0 N–H and O–H groups in total. The summed E-state index contributed by atoms with van der Waals surface area (Å²) >= 11 is 0. The molecule has 1 fully saturated rings. The molecule has 2 aromatic carbocycles. The van der Waals surface area contributed by atoms with Crippen LogP contribution in [-0.2, 0) is 0 Å².